The van der Waals surface area contributed by atoms with Gasteiger partial charge in [-0.05, 0) is 32.0 Å². The summed E-state index contributed by atoms with van der Waals surface area (Å²) in [5.74, 6) is 1.43. The van der Waals surface area contributed by atoms with E-state index in [2.05, 4.69) is 13.8 Å². The molecule has 0 N–H and O–H groups in total. The smallest absolute Gasteiger partial charge is 0.343 e. The summed E-state index contributed by atoms with van der Waals surface area (Å²) in [7, 11) is 0. The fourth-order valence-corrected chi connectivity index (χ4v) is 4.17. The van der Waals surface area contributed by atoms with Gasteiger partial charge in [0.15, 0.2) is 0 Å². The molecule has 4 nitrogen and oxygen atoms in total. The van der Waals surface area contributed by atoms with Gasteiger partial charge in [0.1, 0.15) is 22.7 Å². The Bertz CT molecular complexity index is 1050. The van der Waals surface area contributed by atoms with Crippen LogP contribution in [0.5, 0.6) is 11.5 Å². The molecule has 4 heteroatoms. The highest BCUT2D eigenvalue weighted by Gasteiger charge is 2.49. The van der Waals surface area contributed by atoms with Gasteiger partial charge in [0.05, 0.1) is 17.6 Å². The molecule has 25 heavy (non-hydrogen) atoms. The van der Waals surface area contributed by atoms with Crippen molar-refractivity contribution in [2.24, 2.45) is 5.92 Å². The molecule has 0 aliphatic carbocycles. The topological polar surface area (TPSA) is 48.7 Å². The van der Waals surface area contributed by atoms with Gasteiger partial charge in [-0.3, -0.25) is 0 Å². The van der Waals surface area contributed by atoms with Gasteiger partial charge in [-0.1, -0.05) is 30.3 Å². The van der Waals surface area contributed by atoms with Gasteiger partial charge in [0.25, 0.3) is 0 Å². The van der Waals surface area contributed by atoms with Crippen LogP contribution in [0, 0.1) is 5.92 Å². The summed E-state index contributed by atoms with van der Waals surface area (Å²) in [5.41, 5.74) is 1.41. The summed E-state index contributed by atoms with van der Waals surface area (Å²) < 4.78 is 17.9. The summed E-state index contributed by atoms with van der Waals surface area (Å²) in [4.78, 5) is 12.9. The molecule has 2 aliphatic rings. The van der Waals surface area contributed by atoms with Crippen LogP contribution in [0.15, 0.2) is 57.7 Å². The first kappa shape index (κ1) is 14.6. The minimum atomic E-state index is -0.457. The zero-order valence-corrected chi connectivity index (χ0v) is 14.1. The van der Waals surface area contributed by atoms with E-state index in [1.807, 2.05) is 42.5 Å². The minimum Gasteiger partial charge on any atom is -0.493 e. The van der Waals surface area contributed by atoms with Crippen molar-refractivity contribution in [3.8, 4) is 11.5 Å². The van der Waals surface area contributed by atoms with Crippen LogP contribution >= 0.6 is 0 Å². The molecule has 1 aromatic heterocycles. The third-order valence-electron chi connectivity index (χ3n) is 5.44. The Kier molecular flexibility index (Phi) is 2.85. The van der Waals surface area contributed by atoms with Crippen molar-refractivity contribution in [1.82, 2.24) is 0 Å². The molecule has 2 aliphatic heterocycles. The molecule has 0 amide bonds. The predicted octanol–water partition coefficient (Wildman–Crippen LogP) is 4.10. The monoisotopic (exact) mass is 334 g/mol. The van der Waals surface area contributed by atoms with Gasteiger partial charge >= 0.3 is 5.63 Å². The Morgan fingerprint density at radius 2 is 1.80 bits per heavy atom. The molecule has 0 bridgehead atoms. The van der Waals surface area contributed by atoms with E-state index in [4.69, 9.17) is 13.9 Å². The molecule has 2 aromatic carbocycles. The van der Waals surface area contributed by atoms with E-state index < -0.39 is 5.60 Å². The van der Waals surface area contributed by atoms with E-state index in [0.29, 0.717) is 23.5 Å². The first-order valence-electron chi connectivity index (χ1n) is 8.53. The number of hydrogen-bond acceptors (Lipinski definition) is 4. The number of rotatable bonds is 0. The zero-order chi connectivity index (χ0) is 17.2. The molecule has 0 saturated carbocycles. The Labute approximate surface area is 145 Å². The van der Waals surface area contributed by atoms with E-state index >= 15 is 0 Å². The van der Waals surface area contributed by atoms with Crippen molar-refractivity contribution in [2.45, 2.75) is 25.4 Å². The van der Waals surface area contributed by atoms with Gasteiger partial charge in [-0.2, -0.15) is 0 Å². The number of fused-ring (bicyclic) bond motifs is 7. The molecular weight excluding hydrogens is 316 g/mol. The summed E-state index contributed by atoms with van der Waals surface area (Å²) in [6.45, 7) is 4.64. The van der Waals surface area contributed by atoms with Gasteiger partial charge in [0, 0.05) is 17.4 Å². The van der Waals surface area contributed by atoms with E-state index in [0.717, 1.165) is 16.7 Å². The largest absolute Gasteiger partial charge is 0.493 e. The molecule has 5 rings (SSSR count). The molecule has 3 aromatic rings. The van der Waals surface area contributed by atoms with Crippen molar-refractivity contribution in [3.05, 3.63) is 70.1 Å². The average molecular weight is 334 g/mol. The van der Waals surface area contributed by atoms with Crippen LogP contribution < -0.4 is 15.1 Å². The van der Waals surface area contributed by atoms with Gasteiger partial charge in [-0.25, -0.2) is 4.79 Å². The van der Waals surface area contributed by atoms with Crippen molar-refractivity contribution in [2.75, 3.05) is 6.61 Å². The van der Waals surface area contributed by atoms with Crippen LogP contribution in [0.25, 0.3) is 11.0 Å². The Morgan fingerprint density at radius 1 is 1.04 bits per heavy atom. The quantitative estimate of drug-likeness (QED) is 0.581. The van der Waals surface area contributed by atoms with Gasteiger partial charge in [-0.15, -0.1) is 0 Å². The maximum Gasteiger partial charge on any atom is 0.343 e. The minimum absolute atomic E-state index is 0.0407. The van der Waals surface area contributed by atoms with E-state index in [-0.39, 0.29) is 17.5 Å². The summed E-state index contributed by atoms with van der Waals surface area (Å²) in [5, 5.41) is 0.840. The molecule has 0 saturated heterocycles. The lowest BCUT2D eigenvalue weighted by molar-refractivity contribution is -0.0137. The number of benzene rings is 2. The highest BCUT2D eigenvalue weighted by atomic mass is 16.5. The average Bonchev–Trinajstić information content (AvgIpc) is 2.61. The summed E-state index contributed by atoms with van der Waals surface area (Å²) >= 11 is 0. The lowest BCUT2D eigenvalue weighted by Crippen LogP contribution is -2.50. The predicted molar refractivity (Wildman–Crippen MR) is 94.5 cm³/mol. The van der Waals surface area contributed by atoms with Crippen LogP contribution in [-0.2, 0) is 0 Å². The molecule has 3 heterocycles. The van der Waals surface area contributed by atoms with Crippen LogP contribution in [0.2, 0.25) is 0 Å². The van der Waals surface area contributed by atoms with Crippen LogP contribution in [0.1, 0.15) is 30.9 Å². The second-order valence-corrected chi connectivity index (χ2v) is 7.27. The third kappa shape index (κ3) is 1.97. The molecule has 2 unspecified atom stereocenters. The molecular formula is C21H18O4. The standard InChI is InChI=1S/C21H18O4/c1-21(2)14-11-23-15-9-5-3-7-12(15)17(14)18-19(25-21)13-8-4-6-10-16(13)24-20(18)22/h3-10,14,17H,11H2,1-2H3. The van der Waals surface area contributed by atoms with Crippen molar-refractivity contribution >= 4 is 11.0 Å². The zero-order valence-electron chi connectivity index (χ0n) is 14.1. The van der Waals surface area contributed by atoms with Crippen molar-refractivity contribution in [1.29, 1.82) is 0 Å². The maximum atomic E-state index is 12.9. The van der Waals surface area contributed by atoms with Crippen LogP contribution in [0.3, 0.4) is 0 Å². The number of hydrogen-bond donors (Lipinski definition) is 0. The molecule has 0 spiro atoms. The van der Waals surface area contributed by atoms with Gasteiger partial charge < -0.3 is 13.9 Å². The molecule has 0 radical (unpaired) electrons. The van der Waals surface area contributed by atoms with Crippen LogP contribution in [-0.4, -0.2) is 12.2 Å². The lowest BCUT2D eigenvalue weighted by Gasteiger charge is -2.46. The summed E-state index contributed by atoms with van der Waals surface area (Å²) in [6.07, 6.45) is 0. The fraction of sp³-hybridized carbons (Fsp3) is 0.286. The van der Waals surface area contributed by atoms with E-state index in [1.54, 1.807) is 6.07 Å². The second kappa shape index (κ2) is 4.88. The second-order valence-electron chi connectivity index (χ2n) is 7.27. The first-order chi connectivity index (χ1) is 12.1. The number of ether oxygens (including phenoxy) is 2. The highest BCUT2D eigenvalue weighted by Crippen LogP contribution is 2.52. The fourth-order valence-electron chi connectivity index (χ4n) is 4.17. The molecule has 126 valence electrons. The van der Waals surface area contributed by atoms with E-state index in [9.17, 15) is 4.79 Å². The number of para-hydroxylation sites is 2. The summed E-state index contributed by atoms with van der Waals surface area (Å²) in [6, 6.07) is 15.5. The van der Waals surface area contributed by atoms with Gasteiger partial charge in [0.2, 0.25) is 0 Å². The molecule has 0 fully saturated rings. The highest BCUT2D eigenvalue weighted by molar-refractivity contribution is 5.85. The third-order valence-corrected chi connectivity index (χ3v) is 5.44. The van der Waals surface area contributed by atoms with E-state index in [1.165, 1.54) is 0 Å². The van der Waals surface area contributed by atoms with Crippen LogP contribution in [0.4, 0.5) is 0 Å². The Hall–Kier alpha value is -2.75. The first-order valence-corrected chi connectivity index (χ1v) is 8.53. The molecule has 2 atom stereocenters. The van der Waals surface area contributed by atoms with Crippen molar-refractivity contribution in [3.63, 3.8) is 0 Å². The lowest BCUT2D eigenvalue weighted by atomic mass is 9.70. The normalized spacial score (nSPS) is 23.0. The maximum absolute atomic E-state index is 12.9. The Morgan fingerprint density at radius 3 is 2.68 bits per heavy atom. The Balaban J connectivity index is 1.88. The SMILES string of the molecule is CC1(C)Oc2c(c(=O)oc3ccccc23)C2c3ccccc3OCC21. The van der Waals surface area contributed by atoms with Crippen molar-refractivity contribution < 1.29 is 13.9 Å².